The van der Waals surface area contributed by atoms with Gasteiger partial charge < -0.3 is 19.7 Å². The molecule has 1 saturated heterocycles. The third-order valence-corrected chi connectivity index (χ3v) is 5.94. The third kappa shape index (κ3) is 4.26. The minimum absolute atomic E-state index is 0.0404. The monoisotopic (exact) mass is 436 g/mol. The van der Waals surface area contributed by atoms with Gasteiger partial charge in [0.25, 0.3) is 11.5 Å². The Morgan fingerprint density at radius 3 is 2.73 bits per heavy atom. The topological polar surface area (TPSA) is 88.6 Å². The average Bonchev–Trinajstić information content (AvgIpc) is 3.27. The highest BCUT2D eigenvalue weighted by molar-refractivity contribution is 6.31. The van der Waals surface area contributed by atoms with Crippen LogP contribution in [0.25, 0.3) is 0 Å². The number of H-pyrrole nitrogens is 1. The number of rotatable bonds is 7. The molecule has 2 heterocycles. The minimum atomic E-state index is -0.277. The highest BCUT2D eigenvalue weighted by Crippen LogP contribution is 2.31. The zero-order chi connectivity index (χ0) is 22.0. The summed E-state index contributed by atoms with van der Waals surface area (Å²) in [5.41, 5.74) is 3.29. The predicted molar refractivity (Wildman–Crippen MR) is 117 cm³/mol. The molecule has 1 fully saturated rings. The first-order chi connectivity index (χ1) is 14.3. The summed E-state index contributed by atoms with van der Waals surface area (Å²) in [5.74, 6) is -0.277. The number of likely N-dealkylation sites (N-methyl/N-ethyl adjacent to an activating group) is 1. The molecule has 0 bridgehead atoms. The van der Waals surface area contributed by atoms with Crippen molar-refractivity contribution in [2.75, 3.05) is 31.8 Å². The zero-order valence-corrected chi connectivity index (χ0v) is 18.8. The van der Waals surface area contributed by atoms with Crippen LogP contribution in [0.2, 0.25) is 5.02 Å². The van der Waals surface area contributed by atoms with E-state index in [0.717, 1.165) is 16.9 Å². The lowest BCUT2D eigenvalue weighted by molar-refractivity contribution is 0.0768. The molecule has 0 unspecified atom stereocenters. The summed E-state index contributed by atoms with van der Waals surface area (Å²) in [7, 11) is 3.32. The van der Waals surface area contributed by atoms with E-state index in [2.05, 4.69) is 22.2 Å². The van der Waals surface area contributed by atoms with Crippen LogP contribution < -0.4 is 15.8 Å². The van der Waals surface area contributed by atoms with E-state index < -0.39 is 0 Å². The first-order valence-corrected chi connectivity index (χ1v) is 10.4. The van der Waals surface area contributed by atoms with Crippen molar-refractivity contribution in [2.24, 2.45) is 7.05 Å². The molecule has 1 aromatic heterocycles. The Balaban J connectivity index is 1.88. The second-order valence-electron chi connectivity index (χ2n) is 7.52. The number of aromatic amines is 1. The predicted octanol–water partition coefficient (Wildman–Crippen LogP) is 2.15. The molecule has 30 heavy (non-hydrogen) atoms. The maximum absolute atomic E-state index is 13.0. The Morgan fingerprint density at radius 2 is 2.13 bits per heavy atom. The van der Waals surface area contributed by atoms with Crippen LogP contribution in [0.1, 0.15) is 34.1 Å². The average molecular weight is 437 g/mol. The number of ether oxygens (including phenoxy) is 2. The van der Waals surface area contributed by atoms with E-state index in [-0.39, 0.29) is 30.2 Å². The summed E-state index contributed by atoms with van der Waals surface area (Å²) >= 11 is 6.39. The van der Waals surface area contributed by atoms with Crippen molar-refractivity contribution in [1.29, 1.82) is 0 Å². The third-order valence-electron chi connectivity index (χ3n) is 5.72. The first-order valence-electron chi connectivity index (χ1n) is 9.98. The molecule has 1 amide bonds. The van der Waals surface area contributed by atoms with Gasteiger partial charge in [-0.25, -0.2) is 0 Å². The zero-order valence-electron chi connectivity index (χ0n) is 18.0. The van der Waals surface area contributed by atoms with E-state index in [9.17, 15) is 9.59 Å². The van der Waals surface area contributed by atoms with Crippen LogP contribution >= 0.6 is 11.6 Å². The van der Waals surface area contributed by atoms with Gasteiger partial charge in [0.1, 0.15) is 6.10 Å². The van der Waals surface area contributed by atoms with E-state index in [1.165, 1.54) is 4.68 Å². The van der Waals surface area contributed by atoms with Crippen LogP contribution in [0.3, 0.4) is 0 Å². The van der Waals surface area contributed by atoms with Crippen LogP contribution in [0.15, 0.2) is 16.9 Å². The van der Waals surface area contributed by atoms with Crippen LogP contribution in [-0.2, 0) is 23.1 Å². The highest BCUT2D eigenvalue weighted by Gasteiger charge is 2.34. The van der Waals surface area contributed by atoms with Crippen LogP contribution in [0.4, 0.5) is 5.69 Å². The summed E-state index contributed by atoms with van der Waals surface area (Å²) < 4.78 is 12.6. The number of aryl methyl sites for hydroxylation is 2. The molecular formula is C21H29ClN4O4. The summed E-state index contributed by atoms with van der Waals surface area (Å²) in [5, 5.41) is 6.26. The first kappa shape index (κ1) is 22.4. The number of carbonyl (C=O) groups excluding carboxylic acids is 1. The van der Waals surface area contributed by atoms with Gasteiger partial charge in [0, 0.05) is 42.7 Å². The van der Waals surface area contributed by atoms with Gasteiger partial charge in [-0.1, -0.05) is 11.6 Å². The molecule has 3 rings (SSSR count). The number of hydrogen-bond acceptors (Lipinski definition) is 5. The largest absolute Gasteiger partial charge is 0.377 e. The van der Waals surface area contributed by atoms with Crippen LogP contribution in [0, 0.1) is 13.8 Å². The van der Waals surface area contributed by atoms with Crippen molar-refractivity contribution in [2.45, 2.75) is 39.5 Å². The maximum atomic E-state index is 13.0. The number of carbonyl (C=O) groups is 1. The molecule has 2 N–H and O–H groups in total. The van der Waals surface area contributed by atoms with Gasteiger partial charge in [-0.15, -0.1) is 0 Å². The SMILES string of the molecule is CCN(c1cc(Cl)cc(C(=O)NCc2c(C)[nH]n(C)c2=O)c1C)[C@@H]1COC[C@H]1OC. The second kappa shape index (κ2) is 9.24. The van der Waals surface area contributed by atoms with Gasteiger partial charge in [-0.3, -0.25) is 19.4 Å². The van der Waals surface area contributed by atoms with E-state index >= 15 is 0 Å². The second-order valence-corrected chi connectivity index (χ2v) is 7.96. The molecular weight excluding hydrogens is 408 g/mol. The molecule has 1 aliphatic rings. The van der Waals surface area contributed by atoms with Crippen molar-refractivity contribution in [3.05, 3.63) is 49.9 Å². The lowest BCUT2D eigenvalue weighted by Gasteiger charge is -2.34. The molecule has 1 aliphatic heterocycles. The van der Waals surface area contributed by atoms with Gasteiger partial charge in [-0.2, -0.15) is 0 Å². The fourth-order valence-electron chi connectivity index (χ4n) is 4.03. The quantitative estimate of drug-likeness (QED) is 0.694. The van der Waals surface area contributed by atoms with Crippen molar-refractivity contribution in [1.82, 2.24) is 15.1 Å². The van der Waals surface area contributed by atoms with Crippen molar-refractivity contribution in [3.63, 3.8) is 0 Å². The van der Waals surface area contributed by atoms with Gasteiger partial charge in [-0.05, 0) is 38.5 Å². The van der Waals surface area contributed by atoms with Gasteiger partial charge >= 0.3 is 0 Å². The fourth-order valence-corrected chi connectivity index (χ4v) is 4.24. The molecule has 9 heteroatoms. The summed E-state index contributed by atoms with van der Waals surface area (Å²) in [4.78, 5) is 27.3. The van der Waals surface area contributed by atoms with Crippen molar-refractivity contribution >= 4 is 23.2 Å². The number of benzene rings is 1. The number of methoxy groups -OCH3 is 1. The van der Waals surface area contributed by atoms with Crippen LogP contribution in [0.5, 0.6) is 0 Å². The molecule has 8 nitrogen and oxygen atoms in total. The Bertz CT molecular complexity index is 984. The summed E-state index contributed by atoms with van der Waals surface area (Å²) in [6.07, 6.45) is -0.0478. The summed E-state index contributed by atoms with van der Waals surface area (Å²) in [6, 6.07) is 3.57. The van der Waals surface area contributed by atoms with E-state index in [4.69, 9.17) is 21.1 Å². The van der Waals surface area contributed by atoms with Crippen molar-refractivity contribution < 1.29 is 14.3 Å². The molecule has 164 valence electrons. The minimum Gasteiger partial charge on any atom is -0.377 e. The molecule has 2 atom stereocenters. The van der Waals surface area contributed by atoms with E-state index in [0.29, 0.717) is 35.9 Å². The van der Waals surface area contributed by atoms with Crippen molar-refractivity contribution in [3.8, 4) is 0 Å². The molecule has 0 radical (unpaired) electrons. The number of aromatic nitrogens is 2. The smallest absolute Gasteiger partial charge is 0.271 e. The molecule has 2 aromatic rings. The highest BCUT2D eigenvalue weighted by atomic mass is 35.5. The Morgan fingerprint density at radius 1 is 1.40 bits per heavy atom. The molecule has 0 saturated carbocycles. The molecule has 0 aliphatic carbocycles. The lowest BCUT2D eigenvalue weighted by atomic mass is 10.0. The number of nitrogens with zero attached hydrogens (tertiary/aromatic N) is 2. The van der Waals surface area contributed by atoms with Crippen LogP contribution in [-0.4, -0.2) is 54.7 Å². The lowest BCUT2D eigenvalue weighted by Crippen LogP contribution is -2.44. The van der Waals surface area contributed by atoms with Gasteiger partial charge in [0.2, 0.25) is 0 Å². The Hall–Kier alpha value is -2.29. The standard InChI is InChI=1S/C21H29ClN4O4/c1-6-26(18-10-30-11-19(18)29-5)17-8-14(22)7-15(12(17)2)20(27)23-9-16-13(3)24-25(4)21(16)28/h7-8,18-19,24H,6,9-11H2,1-5H3,(H,23,27)/t18-,19-/m1/s1. The number of anilines is 1. The summed E-state index contributed by atoms with van der Waals surface area (Å²) in [6.45, 7) is 7.71. The number of nitrogens with one attached hydrogen (secondary N) is 2. The molecule has 1 aromatic carbocycles. The Labute approximate surface area is 181 Å². The molecule has 0 spiro atoms. The number of hydrogen-bond donors (Lipinski definition) is 2. The Kier molecular flexibility index (Phi) is 6.90. The van der Waals surface area contributed by atoms with E-state index in [1.54, 1.807) is 27.1 Å². The maximum Gasteiger partial charge on any atom is 0.271 e. The number of halogens is 1. The van der Waals surface area contributed by atoms with Gasteiger partial charge in [0.05, 0.1) is 31.4 Å². The number of amides is 1. The fraction of sp³-hybridized carbons (Fsp3) is 0.524. The normalized spacial score (nSPS) is 18.6. The van der Waals surface area contributed by atoms with E-state index in [1.807, 2.05) is 13.0 Å². The van der Waals surface area contributed by atoms with Gasteiger partial charge in [0.15, 0.2) is 0 Å².